The topological polar surface area (TPSA) is 87.1 Å². The summed E-state index contributed by atoms with van der Waals surface area (Å²) in [4.78, 5) is 33.5. The van der Waals surface area contributed by atoms with E-state index in [-0.39, 0.29) is 12.2 Å². The standard InChI is InChI=1S/C12H10ClN3O4/c1-14-4-5-15(12(18)11(14)17)7-8-6-9(16(19)20)2-3-10(8)13/h2-6H,7H2,1H3. The molecule has 0 N–H and O–H groups in total. The van der Waals surface area contributed by atoms with Gasteiger partial charge < -0.3 is 9.13 Å². The van der Waals surface area contributed by atoms with Crippen molar-refractivity contribution in [1.29, 1.82) is 0 Å². The Labute approximate surface area is 117 Å². The van der Waals surface area contributed by atoms with Gasteiger partial charge in [0.2, 0.25) is 0 Å². The summed E-state index contributed by atoms with van der Waals surface area (Å²) in [5.41, 5.74) is -1.11. The van der Waals surface area contributed by atoms with Gasteiger partial charge in [-0.05, 0) is 11.6 Å². The van der Waals surface area contributed by atoms with Crippen LogP contribution < -0.4 is 11.1 Å². The molecule has 0 unspecified atom stereocenters. The van der Waals surface area contributed by atoms with Crippen LogP contribution in [0.2, 0.25) is 5.02 Å². The van der Waals surface area contributed by atoms with Crippen molar-refractivity contribution in [3.8, 4) is 0 Å². The van der Waals surface area contributed by atoms with Gasteiger partial charge in [0.1, 0.15) is 0 Å². The molecule has 1 aromatic carbocycles. The van der Waals surface area contributed by atoms with Crippen LogP contribution in [0.25, 0.3) is 0 Å². The molecule has 0 radical (unpaired) electrons. The predicted molar refractivity (Wildman–Crippen MR) is 73.2 cm³/mol. The predicted octanol–water partition coefficient (Wildman–Crippen LogP) is 1.16. The molecule has 8 heteroatoms. The lowest BCUT2D eigenvalue weighted by atomic mass is 10.2. The summed E-state index contributed by atoms with van der Waals surface area (Å²) in [6, 6.07) is 3.95. The number of nitro groups is 1. The maximum absolute atomic E-state index is 11.8. The van der Waals surface area contributed by atoms with E-state index in [9.17, 15) is 19.7 Å². The Morgan fingerprint density at radius 1 is 1.25 bits per heavy atom. The molecule has 0 aliphatic heterocycles. The van der Waals surface area contributed by atoms with Gasteiger partial charge in [-0.25, -0.2) is 0 Å². The summed E-state index contributed by atoms with van der Waals surface area (Å²) in [5, 5.41) is 11.0. The molecule has 0 aliphatic carbocycles. The number of non-ortho nitro benzene ring substituents is 1. The molecular formula is C12H10ClN3O4. The van der Waals surface area contributed by atoms with Crippen LogP contribution in [0, 0.1) is 10.1 Å². The van der Waals surface area contributed by atoms with Crippen LogP contribution in [-0.2, 0) is 13.6 Å². The van der Waals surface area contributed by atoms with Crippen molar-refractivity contribution in [2.75, 3.05) is 0 Å². The minimum atomic E-state index is -0.711. The van der Waals surface area contributed by atoms with Gasteiger partial charge in [-0.3, -0.25) is 19.7 Å². The fourth-order valence-corrected chi connectivity index (χ4v) is 1.87. The second-order valence-electron chi connectivity index (χ2n) is 4.18. The highest BCUT2D eigenvalue weighted by Gasteiger charge is 2.11. The zero-order valence-corrected chi connectivity index (χ0v) is 11.2. The lowest BCUT2D eigenvalue weighted by Crippen LogP contribution is -2.39. The third-order valence-corrected chi connectivity index (χ3v) is 3.18. The van der Waals surface area contributed by atoms with Crippen LogP contribution in [0.3, 0.4) is 0 Å². The Bertz CT molecular complexity index is 794. The van der Waals surface area contributed by atoms with E-state index < -0.39 is 16.0 Å². The highest BCUT2D eigenvalue weighted by molar-refractivity contribution is 6.31. The van der Waals surface area contributed by atoms with Crippen LogP contribution in [0.4, 0.5) is 5.69 Å². The molecule has 0 saturated carbocycles. The number of aromatic nitrogens is 2. The normalized spacial score (nSPS) is 10.5. The number of halogens is 1. The van der Waals surface area contributed by atoms with Gasteiger partial charge in [0.25, 0.3) is 5.69 Å². The second-order valence-corrected chi connectivity index (χ2v) is 4.59. The van der Waals surface area contributed by atoms with Crippen molar-refractivity contribution < 1.29 is 4.92 Å². The van der Waals surface area contributed by atoms with Gasteiger partial charge in [0, 0.05) is 36.6 Å². The highest BCUT2D eigenvalue weighted by atomic mass is 35.5. The van der Waals surface area contributed by atoms with Crippen LogP contribution >= 0.6 is 11.6 Å². The first-order chi connectivity index (χ1) is 9.40. The van der Waals surface area contributed by atoms with E-state index >= 15 is 0 Å². The van der Waals surface area contributed by atoms with Crippen molar-refractivity contribution >= 4 is 17.3 Å². The number of hydrogen-bond acceptors (Lipinski definition) is 4. The number of rotatable bonds is 3. The van der Waals surface area contributed by atoms with Gasteiger partial charge in [-0.15, -0.1) is 0 Å². The average molecular weight is 296 g/mol. The SMILES string of the molecule is Cn1ccn(Cc2cc([N+](=O)[O-])ccc2Cl)c(=O)c1=O. The lowest BCUT2D eigenvalue weighted by molar-refractivity contribution is -0.384. The lowest BCUT2D eigenvalue weighted by Gasteiger charge is -2.08. The molecule has 2 rings (SSSR count). The molecule has 20 heavy (non-hydrogen) atoms. The third kappa shape index (κ3) is 2.62. The van der Waals surface area contributed by atoms with E-state index in [0.717, 1.165) is 9.13 Å². The Hall–Kier alpha value is -2.41. The smallest absolute Gasteiger partial charge is 0.312 e. The van der Waals surface area contributed by atoms with Gasteiger partial charge in [-0.1, -0.05) is 11.6 Å². The number of nitrogens with zero attached hydrogens (tertiary/aromatic N) is 3. The molecule has 2 aromatic rings. The van der Waals surface area contributed by atoms with E-state index in [2.05, 4.69) is 0 Å². The average Bonchev–Trinajstić information content (AvgIpc) is 2.41. The molecule has 0 aliphatic rings. The van der Waals surface area contributed by atoms with E-state index in [1.165, 1.54) is 37.6 Å². The zero-order chi connectivity index (χ0) is 14.9. The van der Waals surface area contributed by atoms with E-state index in [4.69, 9.17) is 11.6 Å². The molecular weight excluding hydrogens is 286 g/mol. The molecule has 0 bridgehead atoms. The van der Waals surface area contributed by atoms with Crippen LogP contribution in [0.5, 0.6) is 0 Å². The Morgan fingerprint density at radius 2 is 1.95 bits per heavy atom. The van der Waals surface area contributed by atoms with Gasteiger partial charge in [0.15, 0.2) is 0 Å². The maximum atomic E-state index is 11.8. The second kappa shape index (κ2) is 5.30. The summed E-state index contributed by atoms with van der Waals surface area (Å²) in [6.07, 6.45) is 2.87. The molecule has 7 nitrogen and oxygen atoms in total. The van der Waals surface area contributed by atoms with Crippen molar-refractivity contribution in [3.63, 3.8) is 0 Å². The number of aryl methyl sites for hydroxylation is 1. The highest BCUT2D eigenvalue weighted by Crippen LogP contribution is 2.22. The summed E-state index contributed by atoms with van der Waals surface area (Å²) in [6.45, 7) is -0.00454. The Balaban J connectivity index is 2.48. The van der Waals surface area contributed by atoms with Crippen LogP contribution in [0.1, 0.15) is 5.56 Å². The molecule has 0 amide bonds. The summed E-state index contributed by atoms with van der Waals surface area (Å²) in [7, 11) is 1.47. The first-order valence-corrected chi connectivity index (χ1v) is 5.97. The van der Waals surface area contributed by atoms with E-state index in [0.29, 0.717) is 10.6 Å². The molecule has 0 saturated heterocycles. The Morgan fingerprint density at radius 3 is 2.60 bits per heavy atom. The summed E-state index contributed by atoms with van der Waals surface area (Å²) < 4.78 is 2.32. The first-order valence-electron chi connectivity index (χ1n) is 5.59. The molecule has 0 fully saturated rings. The molecule has 0 spiro atoms. The van der Waals surface area contributed by atoms with Gasteiger partial charge >= 0.3 is 11.1 Å². The van der Waals surface area contributed by atoms with Gasteiger partial charge in [-0.2, -0.15) is 0 Å². The molecule has 1 aromatic heterocycles. The van der Waals surface area contributed by atoms with Crippen molar-refractivity contribution in [2.24, 2.45) is 7.05 Å². The molecule has 1 heterocycles. The molecule has 104 valence electrons. The Kier molecular flexibility index (Phi) is 3.71. The largest absolute Gasteiger partial charge is 0.316 e. The van der Waals surface area contributed by atoms with Crippen LogP contribution in [0.15, 0.2) is 40.2 Å². The fraction of sp³-hybridized carbons (Fsp3) is 0.167. The monoisotopic (exact) mass is 295 g/mol. The van der Waals surface area contributed by atoms with Gasteiger partial charge in [0.05, 0.1) is 11.5 Å². The number of nitro benzene ring substituents is 1. The number of hydrogen-bond donors (Lipinski definition) is 0. The number of benzene rings is 1. The van der Waals surface area contributed by atoms with E-state index in [1.807, 2.05) is 0 Å². The fourth-order valence-electron chi connectivity index (χ4n) is 1.69. The summed E-state index contributed by atoms with van der Waals surface area (Å²) >= 11 is 5.95. The van der Waals surface area contributed by atoms with Crippen molar-refractivity contribution in [3.05, 3.63) is 72.0 Å². The maximum Gasteiger partial charge on any atom is 0.316 e. The minimum Gasteiger partial charge on any atom is -0.312 e. The zero-order valence-electron chi connectivity index (χ0n) is 10.4. The van der Waals surface area contributed by atoms with E-state index in [1.54, 1.807) is 0 Å². The summed E-state index contributed by atoms with van der Waals surface area (Å²) in [5.74, 6) is 0. The van der Waals surface area contributed by atoms with Crippen LogP contribution in [-0.4, -0.2) is 14.1 Å². The quantitative estimate of drug-likeness (QED) is 0.483. The third-order valence-electron chi connectivity index (χ3n) is 2.82. The first kappa shape index (κ1) is 14.0. The minimum absolute atomic E-state index is 0.00454. The van der Waals surface area contributed by atoms with Crippen molar-refractivity contribution in [2.45, 2.75) is 6.54 Å². The molecule has 0 atom stereocenters. The van der Waals surface area contributed by atoms with Crippen molar-refractivity contribution in [1.82, 2.24) is 9.13 Å².